The number of nitrogens with zero attached hydrogens (tertiary/aromatic N) is 2. The van der Waals surface area contributed by atoms with Crippen LogP contribution in [-0.4, -0.2) is 14.8 Å². The number of rotatable bonds is 4. The highest BCUT2D eigenvalue weighted by Crippen LogP contribution is 2.34. The maximum atomic E-state index is 5.34. The Balaban J connectivity index is 2.23. The van der Waals surface area contributed by atoms with Gasteiger partial charge in [-0.15, -0.1) is 0 Å². The van der Waals surface area contributed by atoms with Crippen molar-refractivity contribution in [2.45, 2.75) is 58.4 Å². The van der Waals surface area contributed by atoms with Crippen LogP contribution in [0.5, 0.6) is 0 Å². The van der Waals surface area contributed by atoms with Gasteiger partial charge in [0.25, 0.3) is 0 Å². The fourth-order valence-electron chi connectivity index (χ4n) is 2.81. The molecule has 0 aromatic carbocycles. The molecule has 1 heterocycles. The number of hydrogen-bond acceptors (Lipinski definition) is 2. The molecule has 2 rings (SSSR count). The van der Waals surface area contributed by atoms with E-state index in [4.69, 9.17) is 12.2 Å². The molecule has 0 saturated heterocycles. The normalized spacial score (nSPS) is 19.1. The molecule has 1 N–H and O–H groups in total. The van der Waals surface area contributed by atoms with E-state index in [-0.39, 0.29) is 0 Å². The van der Waals surface area contributed by atoms with Crippen molar-refractivity contribution < 1.29 is 0 Å². The molecule has 0 radical (unpaired) electrons. The van der Waals surface area contributed by atoms with Crippen LogP contribution in [0.4, 0.5) is 0 Å². The molecule has 1 aromatic rings. The van der Waals surface area contributed by atoms with Gasteiger partial charge in [0.05, 0.1) is 0 Å². The summed E-state index contributed by atoms with van der Waals surface area (Å²) in [5.74, 6) is 1.92. The minimum absolute atomic E-state index is 0.510. The van der Waals surface area contributed by atoms with Crippen molar-refractivity contribution in [3.63, 3.8) is 0 Å². The first-order chi connectivity index (χ1) is 7.74. The minimum atomic E-state index is 0.510. The quantitative estimate of drug-likeness (QED) is 0.814. The van der Waals surface area contributed by atoms with Gasteiger partial charge in [-0.3, -0.25) is 5.10 Å². The molecule has 1 saturated carbocycles. The third kappa shape index (κ3) is 2.21. The first kappa shape index (κ1) is 11.8. The van der Waals surface area contributed by atoms with E-state index in [1.165, 1.54) is 25.7 Å². The summed E-state index contributed by atoms with van der Waals surface area (Å²) >= 11 is 5.34. The highest BCUT2D eigenvalue weighted by molar-refractivity contribution is 7.71. The number of aromatic nitrogens is 3. The Morgan fingerprint density at radius 3 is 2.81 bits per heavy atom. The van der Waals surface area contributed by atoms with Crippen molar-refractivity contribution in [3.8, 4) is 0 Å². The number of nitrogens with one attached hydrogen (secondary N) is 1. The zero-order chi connectivity index (χ0) is 11.5. The summed E-state index contributed by atoms with van der Waals surface area (Å²) < 4.78 is 3.04. The standard InChI is InChI=1S/C12H21N3S/c1-3-6-11-13-14-12(16)15(11)9(2)10-7-4-5-8-10/h9-10H,3-8H2,1-2H3,(H,14,16). The first-order valence-corrected chi connectivity index (χ1v) is 6.80. The Morgan fingerprint density at radius 1 is 1.50 bits per heavy atom. The van der Waals surface area contributed by atoms with E-state index in [1.807, 2.05) is 0 Å². The predicted octanol–water partition coefficient (Wildman–Crippen LogP) is 3.64. The second-order valence-electron chi connectivity index (χ2n) is 4.85. The molecule has 90 valence electrons. The Morgan fingerprint density at radius 2 is 2.19 bits per heavy atom. The molecule has 4 heteroatoms. The number of aryl methyl sites for hydroxylation is 1. The third-order valence-corrected chi connectivity index (χ3v) is 4.03. The molecule has 1 unspecified atom stereocenters. The van der Waals surface area contributed by atoms with Gasteiger partial charge < -0.3 is 4.57 Å². The van der Waals surface area contributed by atoms with E-state index in [0.717, 1.165) is 29.4 Å². The zero-order valence-electron chi connectivity index (χ0n) is 10.2. The van der Waals surface area contributed by atoms with Gasteiger partial charge in [0.1, 0.15) is 5.82 Å². The van der Waals surface area contributed by atoms with Gasteiger partial charge in [-0.2, -0.15) is 5.10 Å². The smallest absolute Gasteiger partial charge is 0.195 e. The van der Waals surface area contributed by atoms with Crippen LogP contribution in [0.2, 0.25) is 0 Å². The lowest BCUT2D eigenvalue weighted by molar-refractivity contribution is 0.349. The van der Waals surface area contributed by atoms with E-state index < -0.39 is 0 Å². The molecular formula is C12H21N3S. The van der Waals surface area contributed by atoms with E-state index >= 15 is 0 Å². The van der Waals surface area contributed by atoms with Gasteiger partial charge in [-0.25, -0.2) is 0 Å². The Labute approximate surface area is 102 Å². The van der Waals surface area contributed by atoms with Crippen LogP contribution in [0.1, 0.15) is 57.8 Å². The van der Waals surface area contributed by atoms with Gasteiger partial charge in [0.2, 0.25) is 0 Å². The van der Waals surface area contributed by atoms with Gasteiger partial charge in [-0.1, -0.05) is 19.8 Å². The number of aromatic amines is 1. The molecule has 0 bridgehead atoms. The molecule has 1 aromatic heterocycles. The maximum Gasteiger partial charge on any atom is 0.195 e. The average molecular weight is 239 g/mol. The minimum Gasteiger partial charge on any atom is -0.301 e. The van der Waals surface area contributed by atoms with Crippen molar-refractivity contribution in [3.05, 3.63) is 10.6 Å². The first-order valence-electron chi connectivity index (χ1n) is 6.39. The molecule has 1 fully saturated rings. The average Bonchev–Trinajstić information content (AvgIpc) is 2.88. The Kier molecular flexibility index (Phi) is 3.79. The van der Waals surface area contributed by atoms with Crippen LogP contribution in [0.3, 0.4) is 0 Å². The predicted molar refractivity (Wildman–Crippen MR) is 68.1 cm³/mol. The fourth-order valence-corrected chi connectivity index (χ4v) is 3.13. The summed E-state index contributed by atoms with van der Waals surface area (Å²) in [5.41, 5.74) is 0. The molecule has 1 aliphatic carbocycles. The highest BCUT2D eigenvalue weighted by atomic mass is 32.1. The van der Waals surface area contributed by atoms with Crippen LogP contribution >= 0.6 is 12.2 Å². The zero-order valence-corrected chi connectivity index (χ0v) is 11.0. The van der Waals surface area contributed by atoms with Crippen molar-refractivity contribution in [2.75, 3.05) is 0 Å². The van der Waals surface area contributed by atoms with Gasteiger partial charge in [0.15, 0.2) is 4.77 Å². The molecule has 1 atom stereocenters. The van der Waals surface area contributed by atoms with Crippen LogP contribution in [0.15, 0.2) is 0 Å². The van der Waals surface area contributed by atoms with Crippen molar-refractivity contribution in [1.29, 1.82) is 0 Å². The summed E-state index contributed by atoms with van der Waals surface area (Å²) in [5, 5.41) is 7.29. The lowest BCUT2D eigenvalue weighted by Crippen LogP contribution is -2.16. The number of H-pyrrole nitrogens is 1. The van der Waals surface area contributed by atoms with Gasteiger partial charge in [-0.05, 0) is 44.3 Å². The van der Waals surface area contributed by atoms with Crippen LogP contribution < -0.4 is 0 Å². The summed E-state index contributed by atoms with van der Waals surface area (Å²) in [7, 11) is 0. The van der Waals surface area contributed by atoms with Gasteiger partial charge in [0, 0.05) is 12.5 Å². The van der Waals surface area contributed by atoms with E-state index in [0.29, 0.717) is 6.04 Å². The lowest BCUT2D eigenvalue weighted by Gasteiger charge is -2.21. The lowest BCUT2D eigenvalue weighted by atomic mass is 9.99. The molecule has 0 amide bonds. The maximum absolute atomic E-state index is 5.34. The number of hydrogen-bond donors (Lipinski definition) is 1. The van der Waals surface area contributed by atoms with Crippen LogP contribution in [0.25, 0.3) is 0 Å². The van der Waals surface area contributed by atoms with E-state index in [1.54, 1.807) is 0 Å². The van der Waals surface area contributed by atoms with Crippen molar-refractivity contribution in [1.82, 2.24) is 14.8 Å². The van der Waals surface area contributed by atoms with E-state index in [9.17, 15) is 0 Å². The highest BCUT2D eigenvalue weighted by Gasteiger charge is 2.24. The second kappa shape index (κ2) is 5.13. The van der Waals surface area contributed by atoms with Crippen LogP contribution in [0, 0.1) is 10.7 Å². The topological polar surface area (TPSA) is 33.6 Å². The fraction of sp³-hybridized carbons (Fsp3) is 0.833. The third-order valence-electron chi connectivity index (χ3n) is 3.74. The Bertz CT molecular complexity index is 387. The molecular weight excluding hydrogens is 218 g/mol. The largest absolute Gasteiger partial charge is 0.301 e. The molecule has 3 nitrogen and oxygen atoms in total. The van der Waals surface area contributed by atoms with Crippen molar-refractivity contribution in [2.24, 2.45) is 5.92 Å². The van der Waals surface area contributed by atoms with Gasteiger partial charge >= 0.3 is 0 Å². The van der Waals surface area contributed by atoms with E-state index in [2.05, 4.69) is 28.6 Å². The molecule has 0 spiro atoms. The molecule has 0 aliphatic heterocycles. The molecule has 1 aliphatic rings. The summed E-state index contributed by atoms with van der Waals surface area (Å²) in [6.45, 7) is 4.47. The Hall–Kier alpha value is -0.640. The monoisotopic (exact) mass is 239 g/mol. The molecule has 16 heavy (non-hydrogen) atoms. The van der Waals surface area contributed by atoms with Crippen molar-refractivity contribution >= 4 is 12.2 Å². The summed E-state index contributed by atoms with van der Waals surface area (Å²) in [6.07, 6.45) is 7.59. The SMILES string of the molecule is CCCc1n[nH]c(=S)n1C(C)C1CCCC1. The summed E-state index contributed by atoms with van der Waals surface area (Å²) in [4.78, 5) is 0. The van der Waals surface area contributed by atoms with Crippen LogP contribution in [-0.2, 0) is 6.42 Å². The summed E-state index contributed by atoms with van der Waals surface area (Å²) in [6, 6.07) is 0.510. The second-order valence-corrected chi connectivity index (χ2v) is 5.24.